The smallest absolute Gasteiger partial charge is 0.152 e. The molecule has 1 fully saturated rings. The van der Waals surface area contributed by atoms with Crippen molar-refractivity contribution in [1.82, 2.24) is 0 Å². The van der Waals surface area contributed by atoms with Crippen LogP contribution in [0.1, 0.15) is 70.4 Å². The molecule has 1 saturated carbocycles. The molecule has 1 aromatic rings. The van der Waals surface area contributed by atoms with Crippen molar-refractivity contribution < 1.29 is 13.2 Å². The molecule has 140 valence electrons. The molecule has 0 heterocycles. The Morgan fingerprint density at radius 1 is 1.00 bits per heavy atom. The van der Waals surface area contributed by atoms with Gasteiger partial charge in [-0.05, 0) is 62.5 Å². The van der Waals surface area contributed by atoms with E-state index in [0.29, 0.717) is 18.1 Å². The number of carbonyl (C=O) groups excluding carboxylic acids is 1. The minimum atomic E-state index is -2.98. The minimum absolute atomic E-state index is 0.0998. The normalized spacial score (nSPS) is 21.7. The maximum absolute atomic E-state index is 12.6. The van der Waals surface area contributed by atoms with Gasteiger partial charge in [0, 0.05) is 12.3 Å². The maximum atomic E-state index is 12.6. The zero-order valence-electron chi connectivity index (χ0n) is 16.0. The topological polar surface area (TPSA) is 51.2 Å². The van der Waals surface area contributed by atoms with Crippen molar-refractivity contribution in [3.8, 4) is 0 Å². The number of Topliss-reactive ketones (excluding diaryl/α,β-unsaturated/α-hetero) is 1. The third-order valence-corrected chi connectivity index (χ3v) is 7.89. The molecule has 0 unspecified atom stereocenters. The van der Waals surface area contributed by atoms with Crippen molar-refractivity contribution in [3.05, 3.63) is 35.4 Å². The molecule has 2 rings (SSSR count). The SMILES string of the molecule is CC(C)c1ccc(CC(=O)C2CCC(CS(=O)(=O)C(C)C)CC2)cc1. The molecule has 0 aliphatic heterocycles. The average Bonchev–Trinajstić information content (AvgIpc) is 2.55. The van der Waals surface area contributed by atoms with Crippen LogP contribution in [0.5, 0.6) is 0 Å². The molecule has 25 heavy (non-hydrogen) atoms. The average molecular weight is 365 g/mol. The minimum Gasteiger partial charge on any atom is -0.299 e. The Bertz CT molecular complexity index is 664. The van der Waals surface area contributed by atoms with Gasteiger partial charge < -0.3 is 0 Å². The molecule has 0 amide bonds. The van der Waals surface area contributed by atoms with Crippen LogP contribution in [0.25, 0.3) is 0 Å². The number of sulfone groups is 1. The zero-order valence-corrected chi connectivity index (χ0v) is 16.8. The summed E-state index contributed by atoms with van der Waals surface area (Å²) < 4.78 is 24.1. The molecular formula is C21H32O3S. The van der Waals surface area contributed by atoms with Crippen molar-refractivity contribution >= 4 is 15.6 Å². The second kappa shape index (κ2) is 8.48. The second-order valence-corrected chi connectivity index (χ2v) is 10.7. The van der Waals surface area contributed by atoms with Crippen LogP contribution in [0.3, 0.4) is 0 Å². The lowest BCUT2D eigenvalue weighted by atomic mass is 9.79. The Kier molecular flexibility index (Phi) is 6.84. The third-order valence-electron chi connectivity index (χ3n) is 5.51. The van der Waals surface area contributed by atoms with E-state index in [0.717, 1.165) is 31.2 Å². The van der Waals surface area contributed by atoms with Gasteiger partial charge in [0.25, 0.3) is 0 Å². The number of benzene rings is 1. The van der Waals surface area contributed by atoms with Crippen molar-refractivity contribution in [3.63, 3.8) is 0 Å². The number of rotatable bonds is 7. The molecule has 1 aliphatic rings. The summed E-state index contributed by atoms with van der Waals surface area (Å²) in [6.45, 7) is 7.82. The van der Waals surface area contributed by atoms with Crippen LogP contribution in [-0.4, -0.2) is 25.2 Å². The highest BCUT2D eigenvalue weighted by atomic mass is 32.2. The van der Waals surface area contributed by atoms with Gasteiger partial charge in [-0.3, -0.25) is 4.79 Å². The van der Waals surface area contributed by atoms with Gasteiger partial charge in [0.15, 0.2) is 9.84 Å². The lowest BCUT2D eigenvalue weighted by Crippen LogP contribution is -2.29. The van der Waals surface area contributed by atoms with E-state index in [1.54, 1.807) is 13.8 Å². The van der Waals surface area contributed by atoms with Crippen molar-refractivity contribution in [2.45, 2.75) is 71.0 Å². The Hall–Kier alpha value is -1.16. The van der Waals surface area contributed by atoms with Gasteiger partial charge in [-0.2, -0.15) is 0 Å². The molecular weight excluding hydrogens is 332 g/mol. The molecule has 4 heteroatoms. The molecule has 0 aromatic heterocycles. The highest BCUT2D eigenvalue weighted by Crippen LogP contribution is 2.31. The summed E-state index contributed by atoms with van der Waals surface area (Å²) in [4.78, 5) is 12.6. The molecule has 0 spiro atoms. The van der Waals surface area contributed by atoms with Gasteiger partial charge in [-0.15, -0.1) is 0 Å². The fourth-order valence-corrected chi connectivity index (χ4v) is 4.91. The Labute approximate surface area is 153 Å². The molecule has 0 bridgehead atoms. The van der Waals surface area contributed by atoms with E-state index in [1.165, 1.54) is 5.56 Å². The Morgan fingerprint density at radius 3 is 2.04 bits per heavy atom. The van der Waals surface area contributed by atoms with Crippen LogP contribution >= 0.6 is 0 Å². The van der Waals surface area contributed by atoms with Crippen LogP contribution in [0, 0.1) is 11.8 Å². The largest absolute Gasteiger partial charge is 0.299 e. The summed E-state index contributed by atoms with van der Waals surface area (Å²) in [5.41, 5.74) is 2.38. The monoisotopic (exact) mass is 364 g/mol. The first-order valence-electron chi connectivity index (χ1n) is 9.52. The summed E-state index contributed by atoms with van der Waals surface area (Å²) in [5, 5.41) is -0.305. The lowest BCUT2D eigenvalue weighted by molar-refractivity contribution is -0.123. The summed E-state index contributed by atoms with van der Waals surface area (Å²) >= 11 is 0. The maximum Gasteiger partial charge on any atom is 0.152 e. The van der Waals surface area contributed by atoms with E-state index in [1.807, 2.05) is 0 Å². The molecule has 1 aliphatic carbocycles. The van der Waals surface area contributed by atoms with E-state index in [4.69, 9.17) is 0 Å². The van der Waals surface area contributed by atoms with Gasteiger partial charge in [-0.1, -0.05) is 38.1 Å². The first-order valence-corrected chi connectivity index (χ1v) is 11.2. The van der Waals surface area contributed by atoms with E-state index < -0.39 is 9.84 Å². The number of hydrogen-bond donors (Lipinski definition) is 0. The second-order valence-electron chi connectivity index (χ2n) is 8.14. The van der Waals surface area contributed by atoms with Crippen LogP contribution in [0.15, 0.2) is 24.3 Å². The number of carbonyl (C=O) groups is 1. The van der Waals surface area contributed by atoms with Gasteiger partial charge in [0.2, 0.25) is 0 Å². The fourth-order valence-electron chi connectivity index (χ4n) is 3.54. The van der Waals surface area contributed by atoms with Gasteiger partial charge >= 0.3 is 0 Å². The number of ketones is 1. The first-order chi connectivity index (χ1) is 11.7. The van der Waals surface area contributed by atoms with Gasteiger partial charge in [0.1, 0.15) is 5.78 Å². The third kappa shape index (κ3) is 5.67. The molecule has 0 saturated heterocycles. The lowest BCUT2D eigenvalue weighted by Gasteiger charge is -2.28. The molecule has 3 nitrogen and oxygen atoms in total. The molecule has 0 N–H and O–H groups in total. The Morgan fingerprint density at radius 2 is 1.56 bits per heavy atom. The summed E-state index contributed by atoms with van der Waals surface area (Å²) in [6, 6.07) is 8.35. The van der Waals surface area contributed by atoms with Gasteiger partial charge in [-0.25, -0.2) is 8.42 Å². The van der Waals surface area contributed by atoms with Gasteiger partial charge in [0.05, 0.1) is 11.0 Å². The highest BCUT2D eigenvalue weighted by molar-refractivity contribution is 7.91. The first kappa shape index (κ1) is 20.2. The number of hydrogen-bond acceptors (Lipinski definition) is 3. The predicted octanol–water partition coefficient (Wildman–Crippen LogP) is 4.55. The highest BCUT2D eigenvalue weighted by Gasteiger charge is 2.29. The van der Waals surface area contributed by atoms with E-state index in [2.05, 4.69) is 38.1 Å². The molecule has 0 radical (unpaired) electrons. The molecule has 1 aromatic carbocycles. The van der Waals surface area contributed by atoms with Crippen molar-refractivity contribution in [2.75, 3.05) is 5.75 Å². The van der Waals surface area contributed by atoms with Crippen molar-refractivity contribution in [2.24, 2.45) is 11.8 Å². The molecule has 0 atom stereocenters. The van der Waals surface area contributed by atoms with Crippen molar-refractivity contribution in [1.29, 1.82) is 0 Å². The Balaban J connectivity index is 1.85. The van der Waals surface area contributed by atoms with Crippen LogP contribution < -0.4 is 0 Å². The summed E-state index contributed by atoms with van der Waals surface area (Å²) in [5.74, 6) is 1.41. The zero-order chi connectivity index (χ0) is 18.6. The van der Waals surface area contributed by atoms with Crippen LogP contribution in [-0.2, 0) is 21.1 Å². The van der Waals surface area contributed by atoms with Crippen LogP contribution in [0.4, 0.5) is 0 Å². The summed E-state index contributed by atoms with van der Waals surface area (Å²) in [7, 11) is -2.98. The quantitative estimate of drug-likeness (QED) is 0.713. The standard InChI is InChI=1S/C21H32O3S/c1-15(2)19-9-5-17(6-10-19)13-21(22)20-11-7-18(8-12-20)14-25(23,24)16(3)4/h5-6,9-10,15-16,18,20H,7-8,11-14H2,1-4H3. The van der Waals surface area contributed by atoms with E-state index in [-0.39, 0.29) is 22.8 Å². The van der Waals surface area contributed by atoms with E-state index >= 15 is 0 Å². The summed E-state index contributed by atoms with van der Waals surface area (Å²) in [6.07, 6.45) is 3.88. The van der Waals surface area contributed by atoms with Crippen LogP contribution in [0.2, 0.25) is 0 Å². The fraction of sp³-hybridized carbons (Fsp3) is 0.667. The van der Waals surface area contributed by atoms with E-state index in [9.17, 15) is 13.2 Å². The predicted molar refractivity (Wildman–Crippen MR) is 104 cm³/mol.